The minimum Gasteiger partial charge on any atom is -0.393 e. The van der Waals surface area contributed by atoms with E-state index in [4.69, 9.17) is 11.5 Å². The summed E-state index contributed by atoms with van der Waals surface area (Å²) in [5.74, 6) is -0.0615. The molecule has 0 aromatic heterocycles. The van der Waals surface area contributed by atoms with Crippen molar-refractivity contribution >= 4 is 17.3 Å². The quantitative estimate of drug-likeness (QED) is 0.411. The third-order valence-electron chi connectivity index (χ3n) is 2.90. The van der Waals surface area contributed by atoms with Crippen LogP contribution in [0.4, 0.5) is 11.4 Å². The molecule has 20 heavy (non-hydrogen) atoms. The van der Waals surface area contributed by atoms with E-state index in [-0.39, 0.29) is 23.0 Å². The lowest BCUT2D eigenvalue weighted by molar-refractivity contribution is -0.383. The maximum Gasteiger partial charge on any atom is 0.292 e. The molecule has 0 spiro atoms. The van der Waals surface area contributed by atoms with E-state index in [2.05, 4.69) is 5.32 Å². The van der Waals surface area contributed by atoms with Crippen LogP contribution >= 0.6 is 0 Å². The zero-order valence-electron chi connectivity index (χ0n) is 11.6. The first-order valence-electron chi connectivity index (χ1n) is 6.40. The minimum atomic E-state index is -0.610. The predicted molar refractivity (Wildman–Crippen MR) is 77.3 cm³/mol. The van der Waals surface area contributed by atoms with E-state index in [1.165, 1.54) is 18.2 Å². The van der Waals surface area contributed by atoms with E-state index in [0.717, 1.165) is 6.42 Å². The number of hydrogen-bond donors (Lipinski definition) is 3. The summed E-state index contributed by atoms with van der Waals surface area (Å²) < 4.78 is 0. The van der Waals surface area contributed by atoms with Crippen molar-refractivity contribution < 1.29 is 9.72 Å². The molecule has 0 radical (unpaired) electrons. The van der Waals surface area contributed by atoms with Crippen molar-refractivity contribution in [1.29, 1.82) is 0 Å². The number of nitro benzene ring substituents is 1. The van der Waals surface area contributed by atoms with Crippen LogP contribution in [-0.2, 0) is 0 Å². The van der Waals surface area contributed by atoms with Crippen molar-refractivity contribution in [3.8, 4) is 0 Å². The second-order valence-electron chi connectivity index (χ2n) is 5.03. The van der Waals surface area contributed by atoms with Crippen LogP contribution < -0.4 is 16.8 Å². The number of hydrogen-bond acceptors (Lipinski definition) is 5. The number of benzene rings is 1. The third kappa shape index (κ3) is 3.92. The molecule has 5 N–H and O–H groups in total. The zero-order chi connectivity index (χ0) is 15.3. The van der Waals surface area contributed by atoms with Crippen molar-refractivity contribution in [3.63, 3.8) is 0 Å². The van der Waals surface area contributed by atoms with Gasteiger partial charge in [-0.2, -0.15) is 0 Å². The largest absolute Gasteiger partial charge is 0.393 e. The maximum absolute atomic E-state index is 12.1. The molecule has 7 nitrogen and oxygen atoms in total. The summed E-state index contributed by atoms with van der Waals surface area (Å²) in [5, 5.41) is 13.5. The highest BCUT2D eigenvalue weighted by molar-refractivity contribution is 6.01. The van der Waals surface area contributed by atoms with Gasteiger partial charge >= 0.3 is 0 Å². The number of rotatable bonds is 6. The molecule has 110 valence electrons. The lowest BCUT2D eigenvalue weighted by Crippen LogP contribution is -2.41. The highest BCUT2D eigenvalue weighted by Crippen LogP contribution is 2.24. The molecule has 1 amide bonds. The molecule has 0 fully saturated rings. The molecule has 0 saturated carbocycles. The Bertz CT molecular complexity index is 502. The smallest absolute Gasteiger partial charge is 0.292 e. The van der Waals surface area contributed by atoms with Gasteiger partial charge < -0.3 is 16.8 Å². The van der Waals surface area contributed by atoms with E-state index in [1.54, 1.807) is 0 Å². The van der Waals surface area contributed by atoms with Gasteiger partial charge in [-0.1, -0.05) is 19.9 Å². The molecule has 0 bridgehead atoms. The normalized spacial score (nSPS) is 12.2. The third-order valence-corrected chi connectivity index (χ3v) is 2.90. The Morgan fingerprint density at radius 3 is 2.60 bits per heavy atom. The molecule has 7 heteroatoms. The predicted octanol–water partition coefficient (Wildman–Crippen LogP) is 1.28. The number of amides is 1. The highest BCUT2D eigenvalue weighted by atomic mass is 16.6. The Morgan fingerprint density at radius 2 is 2.10 bits per heavy atom. The number of nitrogens with two attached hydrogens (primary N) is 2. The van der Waals surface area contributed by atoms with Crippen molar-refractivity contribution in [1.82, 2.24) is 5.32 Å². The average molecular weight is 280 g/mol. The van der Waals surface area contributed by atoms with Crippen molar-refractivity contribution in [2.24, 2.45) is 11.7 Å². The van der Waals surface area contributed by atoms with Gasteiger partial charge in [-0.05, 0) is 18.4 Å². The number of nitrogen functional groups attached to an aromatic ring is 1. The topological polar surface area (TPSA) is 124 Å². The van der Waals surface area contributed by atoms with E-state index < -0.39 is 10.8 Å². The number of anilines is 1. The lowest BCUT2D eigenvalue weighted by Gasteiger charge is -2.19. The van der Waals surface area contributed by atoms with Crippen molar-refractivity contribution in [2.45, 2.75) is 26.3 Å². The fourth-order valence-corrected chi connectivity index (χ4v) is 1.96. The van der Waals surface area contributed by atoms with E-state index in [9.17, 15) is 14.9 Å². The summed E-state index contributed by atoms with van der Waals surface area (Å²) in [7, 11) is 0. The molecule has 1 unspecified atom stereocenters. The number of carbonyl (C=O) groups is 1. The van der Waals surface area contributed by atoms with Crippen LogP contribution in [0.1, 0.15) is 30.6 Å². The Labute approximate surface area is 117 Å². The molecule has 0 aliphatic rings. The van der Waals surface area contributed by atoms with Crippen LogP contribution in [0.25, 0.3) is 0 Å². The first-order chi connectivity index (χ1) is 9.36. The average Bonchev–Trinajstić information content (AvgIpc) is 2.37. The van der Waals surface area contributed by atoms with Crippen LogP contribution in [0.2, 0.25) is 0 Å². The van der Waals surface area contributed by atoms with Gasteiger partial charge in [-0.15, -0.1) is 0 Å². The molecule has 0 saturated heterocycles. The first kappa shape index (κ1) is 15.9. The van der Waals surface area contributed by atoms with Crippen molar-refractivity contribution in [2.75, 3.05) is 12.3 Å². The Kier molecular flexibility index (Phi) is 5.45. The van der Waals surface area contributed by atoms with Gasteiger partial charge in [0.25, 0.3) is 11.6 Å². The molecular weight excluding hydrogens is 260 g/mol. The Hall–Kier alpha value is -2.15. The Morgan fingerprint density at radius 1 is 1.45 bits per heavy atom. The van der Waals surface area contributed by atoms with Gasteiger partial charge in [0.1, 0.15) is 5.69 Å². The second kappa shape index (κ2) is 6.85. The van der Waals surface area contributed by atoms with Gasteiger partial charge in [0.2, 0.25) is 0 Å². The molecule has 0 heterocycles. The summed E-state index contributed by atoms with van der Waals surface area (Å²) in [4.78, 5) is 22.3. The molecular formula is C13H20N4O3. The fourth-order valence-electron chi connectivity index (χ4n) is 1.96. The molecule has 0 aliphatic carbocycles. The molecule has 0 aliphatic heterocycles. The standard InChI is InChI=1S/C13H20N4O3/c1-8(2)6-9(7-14)16-13(18)10-4-3-5-11(12(10)15)17(19)20/h3-5,8-9H,6-7,14-15H2,1-2H3,(H,16,18). The van der Waals surface area contributed by atoms with Gasteiger partial charge in [-0.3, -0.25) is 14.9 Å². The Balaban J connectivity index is 2.92. The SMILES string of the molecule is CC(C)CC(CN)NC(=O)c1cccc([N+](=O)[O-])c1N. The van der Waals surface area contributed by atoms with Gasteiger partial charge in [0.05, 0.1) is 10.5 Å². The first-order valence-corrected chi connectivity index (χ1v) is 6.40. The summed E-state index contributed by atoms with van der Waals surface area (Å²) in [6, 6.07) is 3.98. The van der Waals surface area contributed by atoms with E-state index in [1.807, 2.05) is 13.8 Å². The van der Waals surface area contributed by atoms with Crippen LogP contribution in [0.3, 0.4) is 0 Å². The second-order valence-corrected chi connectivity index (χ2v) is 5.03. The van der Waals surface area contributed by atoms with Gasteiger partial charge in [-0.25, -0.2) is 0 Å². The summed E-state index contributed by atoms with van der Waals surface area (Å²) in [6.07, 6.45) is 0.733. The fraction of sp³-hybridized carbons (Fsp3) is 0.462. The van der Waals surface area contributed by atoms with Gasteiger partial charge in [0.15, 0.2) is 0 Å². The lowest BCUT2D eigenvalue weighted by atomic mass is 10.0. The van der Waals surface area contributed by atoms with Crippen molar-refractivity contribution in [3.05, 3.63) is 33.9 Å². The number of nitro groups is 1. The maximum atomic E-state index is 12.1. The zero-order valence-corrected chi connectivity index (χ0v) is 11.6. The summed E-state index contributed by atoms with van der Waals surface area (Å²) in [6.45, 7) is 4.35. The molecule has 1 rings (SSSR count). The molecule has 1 aromatic carbocycles. The molecule has 1 atom stereocenters. The van der Waals surface area contributed by atoms with E-state index in [0.29, 0.717) is 12.5 Å². The van der Waals surface area contributed by atoms with Crippen LogP contribution in [0.15, 0.2) is 18.2 Å². The number of nitrogens with one attached hydrogen (secondary N) is 1. The molecule has 1 aromatic rings. The number of nitrogens with zero attached hydrogens (tertiary/aromatic N) is 1. The number of para-hydroxylation sites is 1. The number of carbonyl (C=O) groups excluding carboxylic acids is 1. The monoisotopic (exact) mass is 280 g/mol. The van der Waals surface area contributed by atoms with Crippen LogP contribution in [0.5, 0.6) is 0 Å². The summed E-state index contributed by atoms with van der Waals surface area (Å²) >= 11 is 0. The van der Waals surface area contributed by atoms with E-state index >= 15 is 0 Å². The highest BCUT2D eigenvalue weighted by Gasteiger charge is 2.21. The van der Waals surface area contributed by atoms with Crippen LogP contribution in [0, 0.1) is 16.0 Å². The van der Waals surface area contributed by atoms with Crippen LogP contribution in [-0.4, -0.2) is 23.4 Å². The minimum absolute atomic E-state index is 0.0985. The summed E-state index contributed by atoms with van der Waals surface area (Å²) in [5.41, 5.74) is 11.0. The van der Waals surface area contributed by atoms with Gasteiger partial charge in [0, 0.05) is 18.7 Å².